The number of aromatic nitrogens is 4. The van der Waals surface area contributed by atoms with Crippen molar-refractivity contribution in [2.75, 3.05) is 0 Å². The Balaban J connectivity index is 2.51. The third-order valence-electron chi connectivity index (χ3n) is 2.45. The fourth-order valence-electron chi connectivity index (χ4n) is 1.69. The van der Waals surface area contributed by atoms with Crippen molar-refractivity contribution < 1.29 is 9.90 Å². The van der Waals surface area contributed by atoms with E-state index >= 15 is 0 Å². The Morgan fingerprint density at radius 1 is 1.62 bits per heavy atom. The second kappa shape index (κ2) is 4.26. The summed E-state index contributed by atoms with van der Waals surface area (Å²) in [4.78, 5) is 15.3. The lowest BCUT2D eigenvalue weighted by Crippen LogP contribution is -2.14. The second-order valence-corrected chi connectivity index (χ2v) is 3.55. The average Bonchev–Trinajstić information content (AvgIpc) is 2.73. The predicted octanol–water partition coefficient (Wildman–Crippen LogP) is 1.09. The topological polar surface area (TPSA) is 80.4 Å². The summed E-state index contributed by atoms with van der Waals surface area (Å²) >= 11 is 0. The number of hydrogen-bond acceptors (Lipinski definition) is 4. The molecule has 6 nitrogen and oxygen atoms in total. The van der Waals surface area contributed by atoms with Crippen LogP contribution in [0.3, 0.4) is 0 Å². The number of carboxylic acid groups (broad SMARTS) is 1. The van der Waals surface area contributed by atoms with E-state index in [1.54, 1.807) is 16.8 Å². The molecule has 6 heteroatoms. The number of nitrogens with zero attached hydrogens (tertiary/aromatic N) is 4. The zero-order chi connectivity index (χ0) is 11.5. The zero-order valence-electron chi connectivity index (χ0n) is 8.87. The Labute approximate surface area is 92.0 Å². The highest BCUT2D eigenvalue weighted by Gasteiger charge is 2.23. The summed E-state index contributed by atoms with van der Waals surface area (Å²) in [6.45, 7) is 1.94. The maximum atomic E-state index is 11.2. The van der Waals surface area contributed by atoms with Gasteiger partial charge >= 0.3 is 5.97 Å². The molecule has 0 aliphatic heterocycles. The van der Waals surface area contributed by atoms with Gasteiger partial charge in [0.2, 0.25) is 0 Å². The smallest absolute Gasteiger partial charge is 0.312 e. The Hall–Kier alpha value is -1.98. The van der Waals surface area contributed by atoms with Crippen LogP contribution in [0.25, 0.3) is 5.65 Å². The molecular weight excluding hydrogens is 208 g/mol. The number of hydrogen-bond donors (Lipinski definition) is 1. The van der Waals surface area contributed by atoms with Gasteiger partial charge in [0.05, 0.1) is 5.69 Å². The molecule has 0 aromatic carbocycles. The number of aliphatic carboxylic acids is 1. The molecule has 2 aromatic rings. The number of carbonyl (C=O) groups is 1. The van der Waals surface area contributed by atoms with Crippen molar-refractivity contribution in [3.63, 3.8) is 0 Å². The van der Waals surface area contributed by atoms with Crippen LogP contribution in [0.5, 0.6) is 0 Å². The van der Waals surface area contributed by atoms with Crippen LogP contribution >= 0.6 is 0 Å². The zero-order valence-corrected chi connectivity index (χ0v) is 8.87. The van der Waals surface area contributed by atoms with Gasteiger partial charge in [-0.3, -0.25) is 14.2 Å². The number of rotatable bonds is 4. The van der Waals surface area contributed by atoms with Gasteiger partial charge in [0.1, 0.15) is 12.2 Å². The molecule has 0 fully saturated rings. The normalized spacial score (nSPS) is 12.8. The van der Waals surface area contributed by atoms with Crippen LogP contribution in [0.1, 0.15) is 31.4 Å². The van der Waals surface area contributed by atoms with Gasteiger partial charge in [-0.05, 0) is 6.42 Å². The van der Waals surface area contributed by atoms with E-state index in [-0.39, 0.29) is 0 Å². The summed E-state index contributed by atoms with van der Waals surface area (Å²) in [5.41, 5.74) is 0.998. The summed E-state index contributed by atoms with van der Waals surface area (Å²) in [7, 11) is 0. The van der Waals surface area contributed by atoms with E-state index in [2.05, 4.69) is 15.2 Å². The van der Waals surface area contributed by atoms with Gasteiger partial charge in [-0.1, -0.05) is 13.3 Å². The van der Waals surface area contributed by atoms with E-state index in [1.807, 2.05) is 6.92 Å². The number of carboxylic acids is 1. The quantitative estimate of drug-likeness (QED) is 0.834. The fourth-order valence-corrected chi connectivity index (χ4v) is 1.69. The maximum Gasteiger partial charge on any atom is 0.312 e. The van der Waals surface area contributed by atoms with Crippen LogP contribution in [0.4, 0.5) is 0 Å². The first-order chi connectivity index (χ1) is 7.74. The summed E-state index contributed by atoms with van der Waals surface area (Å²) in [6, 6.07) is 0. The van der Waals surface area contributed by atoms with Crippen molar-refractivity contribution in [2.45, 2.75) is 25.7 Å². The minimum absolute atomic E-state index is 0.481. The standard InChI is InChI=1S/C10H12N4O2/c1-2-3-7(10(15)16)8-9-13-12-6-14(9)5-4-11-8/h4-7H,2-3H2,1H3,(H,15,16). The molecule has 0 aliphatic rings. The Morgan fingerprint density at radius 2 is 2.44 bits per heavy atom. The molecule has 2 aromatic heterocycles. The third kappa shape index (κ3) is 1.73. The molecule has 16 heavy (non-hydrogen) atoms. The van der Waals surface area contributed by atoms with Crippen LogP contribution < -0.4 is 0 Å². The lowest BCUT2D eigenvalue weighted by atomic mass is 10.00. The molecule has 2 heterocycles. The highest BCUT2D eigenvalue weighted by atomic mass is 16.4. The molecule has 0 aliphatic carbocycles. The summed E-state index contributed by atoms with van der Waals surface area (Å²) < 4.78 is 1.67. The molecule has 0 saturated carbocycles. The van der Waals surface area contributed by atoms with Crippen LogP contribution in [-0.2, 0) is 4.79 Å². The number of fused-ring (bicyclic) bond motifs is 1. The summed E-state index contributed by atoms with van der Waals surface area (Å²) in [5.74, 6) is -1.48. The second-order valence-electron chi connectivity index (χ2n) is 3.55. The minimum atomic E-state index is -0.870. The van der Waals surface area contributed by atoms with E-state index in [1.165, 1.54) is 6.33 Å². The molecule has 1 N–H and O–H groups in total. The van der Waals surface area contributed by atoms with Crippen LogP contribution in [-0.4, -0.2) is 30.7 Å². The largest absolute Gasteiger partial charge is 0.481 e. The molecule has 1 atom stereocenters. The first kappa shape index (κ1) is 10.5. The molecule has 0 saturated heterocycles. The highest BCUT2D eigenvalue weighted by molar-refractivity contribution is 5.77. The lowest BCUT2D eigenvalue weighted by Gasteiger charge is -2.10. The molecule has 0 amide bonds. The minimum Gasteiger partial charge on any atom is -0.481 e. The van der Waals surface area contributed by atoms with Gasteiger partial charge in [-0.25, -0.2) is 0 Å². The molecule has 0 radical (unpaired) electrons. The molecule has 2 rings (SSSR count). The Kier molecular flexibility index (Phi) is 2.80. The van der Waals surface area contributed by atoms with Gasteiger partial charge in [0, 0.05) is 12.4 Å². The van der Waals surface area contributed by atoms with Crippen molar-refractivity contribution in [1.29, 1.82) is 0 Å². The van der Waals surface area contributed by atoms with E-state index < -0.39 is 11.9 Å². The molecular formula is C10H12N4O2. The van der Waals surface area contributed by atoms with E-state index in [0.29, 0.717) is 17.8 Å². The average molecular weight is 220 g/mol. The van der Waals surface area contributed by atoms with Crippen molar-refractivity contribution in [2.24, 2.45) is 0 Å². The van der Waals surface area contributed by atoms with Gasteiger partial charge in [0.25, 0.3) is 0 Å². The van der Waals surface area contributed by atoms with Gasteiger partial charge in [0.15, 0.2) is 5.65 Å². The Morgan fingerprint density at radius 3 is 3.12 bits per heavy atom. The van der Waals surface area contributed by atoms with E-state index in [9.17, 15) is 4.79 Å². The lowest BCUT2D eigenvalue weighted by molar-refractivity contribution is -0.139. The summed E-state index contributed by atoms with van der Waals surface area (Å²) in [6.07, 6.45) is 6.13. The highest BCUT2D eigenvalue weighted by Crippen LogP contribution is 2.22. The van der Waals surface area contributed by atoms with Crippen LogP contribution in [0.2, 0.25) is 0 Å². The molecule has 84 valence electrons. The molecule has 0 spiro atoms. The molecule has 1 unspecified atom stereocenters. The SMILES string of the molecule is CCCC(C(=O)O)c1nccn2cnnc12. The first-order valence-corrected chi connectivity index (χ1v) is 5.11. The predicted molar refractivity (Wildman–Crippen MR) is 56.1 cm³/mol. The van der Waals surface area contributed by atoms with Gasteiger partial charge < -0.3 is 5.11 Å². The Bertz CT molecular complexity index is 508. The van der Waals surface area contributed by atoms with Crippen LogP contribution in [0, 0.1) is 0 Å². The van der Waals surface area contributed by atoms with Gasteiger partial charge in [-0.15, -0.1) is 10.2 Å². The van der Waals surface area contributed by atoms with Crippen molar-refractivity contribution >= 4 is 11.6 Å². The molecule has 0 bridgehead atoms. The van der Waals surface area contributed by atoms with Crippen molar-refractivity contribution in [1.82, 2.24) is 19.6 Å². The maximum absolute atomic E-state index is 11.2. The summed E-state index contributed by atoms with van der Waals surface area (Å²) in [5, 5.41) is 16.8. The monoisotopic (exact) mass is 220 g/mol. The van der Waals surface area contributed by atoms with Crippen molar-refractivity contribution in [3.05, 3.63) is 24.4 Å². The van der Waals surface area contributed by atoms with E-state index in [4.69, 9.17) is 5.11 Å². The van der Waals surface area contributed by atoms with Gasteiger partial charge in [-0.2, -0.15) is 0 Å². The third-order valence-corrected chi connectivity index (χ3v) is 2.45. The van der Waals surface area contributed by atoms with E-state index in [0.717, 1.165) is 6.42 Å². The van der Waals surface area contributed by atoms with Crippen LogP contribution in [0.15, 0.2) is 18.7 Å². The fraction of sp³-hybridized carbons (Fsp3) is 0.400. The van der Waals surface area contributed by atoms with Crippen molar-refractivity contribution in [3.8, 4) is 0 Å². The first-order valence-electron chi connectivity index (χ1n) is 5.11.